The first kappa shape index (κ1) is 9.72. The Kier molecular flexibility index (Phi) is 2.06. The summed E-state index contributed by atoms with van der Waals surface area (Å²) in [4.78, 5) is 0. The zero-order valence-electron chi connectivity index (χ0n) is 10.1. The molecule has 0 fully saturated rings. The van der Waals surface area contributed by atoms with Crippen LogP contribution in [0.5, 0.6) is 0 Å². The molecule has 2 aromatic rings. The lowest BCUT2D eigenvalue weighted by Crippen LogP contribution is -2.30. The molecule has 2 heteroatoms. The van der Waals surface area contributed by atoms with Gasteiger partial charge in [-0.3, -0.25) is 0 Å². The van der Waals surface area contributed by atoms with E-state index >= 15 is 0 Å². The SMILES string of the molecule is c1ccc2c(c1)c1c3n2CCCCC3NCC1. The maximum Gasteiger partial charge on any atom is 0.0485 e. The van der Waals surface area contributed by atoms with Gasteiger partial charge >= 0.3 is 0 Å². The maximum absolute atomic E-state index is 3.70. The first-order chi connectivity index (χ1) is 8.45. The highest BCUT2D eigenvalue weighted by molar-refractivity contribution is 5.86. The van der Waals surface area contributed by atoms with Crippen LogP contribution in [0.2, 0.25) is 0 Å². The molecule has 4 rings (SSSR count). The Hall–Kier alpha value is -1.28. The molecular formula is C15H18N2. The minimum absolute atomic E-state index is 0.605. The van der Waals surface area contributed by atoms with Crippen LogP contribution in [0.3, 0.4) is 0 Å². The van der Waals surface area contributed by atoms with Crippen LogP contribution in [0.25, 0.3) is 10.9 Å². The number of benzene rings is 1. The average Bonchev–Trinajstić information content (AvgIpc) is 2.56. The minimum atomic E-state index is 0.605. The van der Waals surface area contributed by atoms with Crippen LogP contribution >= 0.6 is 0 Å². The third-order valence-electron chi connectivity index (χ3n) is 4.34. The van der Waals surface area contributed by atoms with Gasteiger partial charge in [-0.1, -0.05) is 18.2 Å². The van der Waals surface area contributed by atoms with Crippen LogP contribution in [-0.2, 0) is 13.0 Å². The fourth-order valence-corrected chi connectivity index (χ4v) is 3.62. The van der Waals surface area contributed by atoms with E-state index in [1.54, 1.807) is 11.3 Å². The lowest BCUT2D eigenvalue weighted by Gasteiger charge is -2.24. The summed E-state index contributed by atoms with van der Waals surface area (Å²) in [5.74, 6) is 0. The predicted molar refractivity (Wildman–Crippen MR) is 70.2 cm³/mol. The number of para-hydroxylation sites is 1. The molecule has 1 aromatic carbocycles. The van der Waals surface area contributed by atoms with Crippen molar-refractivity contribution in [2.45, 2.75) is 38.3 Å². The van der Waals surface area contributed by atoms with Crippen molar-refractivity contribution in [2.24, 2.45) is 0 Å². The Morgan fingerprint density at radius 1 is 1.18 bits per heavy atom. The summed E-state index contributed by atoms with van der Waals surface area (Å²) < 4.78 is 2.58. The third kappa shape index (κ3) is 1.31. The fraction of sp³-hybridized carbons (Fsp3) is 0.467. The van der Waals surface area contributed by atoms with Gasteiger partial charge in [-0.15, -0.1) is 0 Å². The number of aromatic nitrogens is 1. The molecule has 2 nitrogen and oxygen atoms in total. The second kappa shape index (κ2) is 3.61. The number of aryl methyl sites for hydroxylation is 1. The number of hydrogen-bond donors (Lipinski definition) is 1. The van der Waals surface area contributed by atoms with Crippen molar-refractivity contribution >= 4 is 10.9 Å². The Bertz CT molecular complexity index is 568. The lowest BCUT2D eigenvalue weighted by atomic mass is 9.96. The van der Waals surface area contributed by atoms with Crippen molar-refractivity contribution in [3.8, 4) is 0 Å². The number of fused-ring (bicyclic) bond motifs is 3. The highest BCUT2D eigenvalue weighted by atomic mass is 15.1. The molecule has 3 heterocycles. The van der Waals surface area contributed by atoms with Crippen LogP contribution in [-0.4, -0.2) is 11.1 Å². The number of nitrogens with one attached hydrogen (secondary N) is 1. The monoisotopic (exact) mass is 226 g/mol. The zero-order valence-corrected chi connectivity index (χ0v) is 10.1. The van der Waals surface area contributed by atoms with Gasteiger partial charge in [-0.25, -0.2) is 0 Å². The van der Waals surface area contributed by atoms with E-state index in [1.165, 1.54) is 43.1 Å². The largest absolute Gasteiger partial charge is 0.343 e. The average molecular weight is 226 g/mol. The first-order valence-electron chi connectivity index (χ1n) is 6.78. The maximum atomic E-state index is 3.70. The molecule has 0 bridgehead atoms. The van der Waals surface area contributed by atoms with Gasteiger partial charge in [0.25, 0.3) is 0 Å². The van der Waals surface area contributed by atoms with Crippen molar-refractivity contribution < 1.29 is 0 Å². The van der Waals surface area contributed by atoms with Crippen molar-refractivity contribution in [3.05, 3.63) is 35.5 Å². The highest BCUT2D eigenvalue weighted by Crippen LogP contribution is 2.37. The van der Waals surface area contributed by atoms with Crippen LogP contribution in [0.15, 0.2) is 24.3 Å². The molecule has 0 radical (unpaired) electrons. The summed E-state index contributed by atoms with van der Waals surface area (Å²) in [5, 5.41) is 5.19. The summed E-state index contributed by atoms with van der Waals surface area (Å²) in [6, 6.07) is 9.54. The molecule has 17 heavy (non-hydrogen) atoms. The molecule has 2 aliphatic heterocycles. The van der Waals surface area contributed by atoms with Gasteiger partial charge in [-0.05, 0) is 43.9 Å². The second-order valence-corrected chi connectivity index (χ2v) is 5.29. The summed E-state index contributed by atoms with van der Waals surface area (Å²) in [5.41, 5.74) is 4.66. The van der Waals surface area contributed by atoms with E-state index < -0.39 is 0 Å². The summed E-state index contributed by atoms with van der Waals surface area (Å²) in [6.45, 7) is 2.35. The second-order valence-electron chi connectivity index (χ2n) is 5.29. The Balaban J connectivity index is 2.08. The normalized spacial score (nSPS) is 23.4. The molecule has 1 atom stereocenters. The summed E-state index contributed by atoms with van der Waals surface area (Å²) in [6.07, 6.45) is 5.18. The van der Waals surface area contributed by atoms with E-state index in [9.17, 15) is 0 Å². The van der Waals surface area contributed by atoms with Gasteiger partial charge in [0.15, 0.2) is 0 Å². The van der Waals surface area contributed by atoms with E-state index in [0.29, 0.717) is 6.04 Å². The molecule has 0 saturated heterocycles. The van der Waals surface area contributed by atoms with E-state index in [4.69, 9.17) is 0 Å². The highest BCUT2D eigenvalue weighted by Gasteiger charge is 2.28. The molecule has 1 aromatic heterocycles. The van der Waals surface area contributed by atoms with Crippen LogP contribution in [0, 0.1) is 0 Å². The zero-order chi connectivity index (χ0) is 11.2. The topological polar surface area (TPSA) is 17.0 Å². The fourth-order valence-electron chi connectivity index (χ4n) is 3.62. The van der Waals surface area contributed by atoms with Gasteiger partial charge in [0.05, 0.1) is 0 Å². The summed E-state index contributed by atoms with van der Waals surface area (Å²) >= 11 is 0. The standard InChI is InChI=1S/C15H18N2/c1-2-7-14-11(5-1)12-8-9-16-13-6-3-4-10-17(14)15(12)13/h1-2,5,7,13,16H,3-4,6,8-10H2. The third-order valence-corrected chi connectivity index (χ3v) is 4.34. The van der Waals surface area contributed by atoms with Gasteiger partial charge in [0, 0.05) is 29.2 Å². The van der Waals surface area contributed by atoms with Crippen LogP contribution in [0.1, 0.15) is 36.6 Å². The molecule has 2 aliphatic rings. The van der Waals surface area contributed by atoms with Gasteiger partial charge in [0.1, 0.15) is 0 Å². The molecule has 0 saturated carbocycles. The number of nitrogens with zero attached hydrogens (tertiary/aromatic N) is 1. The van der Waals surface area contributed by atoms with Gasteiger partial charge in [-0.2, -0.15) is 0 Å². The molecule has 88 valence electrons. The van der Waals surface area contributed by atoms with Crippen LogP contribution in [0.4, 0.5) is 0 Å². The van der Waals surface area contributed by atoms with E-state index in [1.807, 2.05) is 0 Å². The van der Waals surface area contributed by atoms with E-state index in [0.717, 1.165) is 6.54 Å². The van der Waals surface area contributed by atoms with E-state index in [-0.39, 0.29) is 0 Å². The predicted octanol–water partition coefficient (Wildman–Crippen LogP) is 3.01. The Labute approximate surface area is 102 Å². The molecule has 0 amide bonds. The van der Waals surface area contributed by atoms with Gasteiger partial charge < -0.3 is 9.88 Å². The number of hydrogen-bond acceptors (Lipinski definition) is 1. The van der Waals surface area contributed by atoms with Crippen LogP contribution < -0.4 is 5.32 Å². The minimum Gasteiger partial charge on any atom is -0.343 e. The Morgan fingerprint density at radius 2 is 2.12 bits per heavy atom. The van der Waals surface area contributed by atoms with Crippen molar-refractivity contribution in [2.75, 3.05) is 6.54 Å². The van der Waals surface area contributed by atoms with Crippen molar-refractivity contribution in [3.63, 3.8) is 0 Å². The molecule has 1 unspecified atom stereocenters. The van der Waals surface area contributed by atoms with E-state index in [2.05, 4.69) is 34.1 Å². The molecular weight excluding hydrogens is 208 g/mol. The van der Waals surface area contributed by atoms with Crippen molar-refractivity contribution in [1.29, 1.82) is 0 Å². The van der Waals surface area contributed by atoms with Gasteiger partial charge in [0.2, 0.25) is 0 Å². The quantitative estimate of drug-likeness (QED) is 0.730. The molecule has 0 aliphatic carbocycles. The smallest absolute Gasteiger partial charge is 0.0485 e. The molecule has 1 N–H and O–H groups in total. The first-order valence-corrected chi connectivity index (χ1v) is 6.78. The van der Waals surface area contributed by atoms with Crippen molar-refractivity contribution in [1.82, 2.24) is 9.88 Å². The Morgan fingerprint density at radius 3 is 3.12 bits per heavy atom. The summed E-state index contributed by atoms with van der Waals surface area (Å²) in [7, 11) is 0. The molecule has 0 spiro atoms. The number of rotatable bonds is 0. The lowest BCUT2D eigenvalue weighted by molar-refractivity contribution is 0.464.